The number of nitrogen functional groups attached to an aromatic ring is 1. The van der Waals surface area contributed by atoms with Gasteiger partial charge < -0.3 is 0 Å². The summed E-state index contributed by atoms with van der Waals surface area (Å²) in [5, 5.41) is 0. The molecule has 2 aromatic rings. The van der Waals surface area contributed by atoms with E-state index in [0.29, 0.717) is 0 Å². The Balaban J connectivity index is 2.08. The van der Waals surface area contributed by atoms with Crippen molar-refractivity contribution >= 4 is 16.0 Å². The fraction of sp³-hybridized carbons (Fsp3) is 0.182. The van der Waals surface area contributed by atoms with Crippen LogP contribution in [0.15, 0.2) is 35.6 Å². The van der Waals surface area contributed by atoms with Crippen LogP contribution in [0.1, 0.15) is 11.3 Å². The average molecular weight is 294 g/mol. The molecule has 106 valence electrons. The molecule has 0 unspecified atom stereocenters. The number of anilines is 1. The topological polar surface area (TPSA) is 123 Å². The Morgan fingerprint density at radius 3 is 2.40 bits per heavy atom. The molecule has 0 aliphatic rings. The van der Waals surface area contributed by atoms with Gasteiger partial charge in [0.2, 0.25) is 16.0 Å². The summed E-state index contributed by atoms with van der Waals surface area (Å²) in [4.78, 5) is 11.6. The number of nitrogens with one attached hydrogen (secondary N) is 2. The van der Waals surface area contributed by atoms with E-state index in [2.05, 4.69) is 25.1 Å². The highest BCUT2D eigenvalue weighted by Crippen LogP contribution is 2.08. The minimum Gasteiger partial charge on any atom is -0.292 e. The maximum atomic E-state index is 12.0. The molecule has 2 heterocycles. The second-order valence-corrected chi connectivity index (χ2v) is 5.79. The smallest absolute Gasteiger partial charge is 0.243 e. The molecule has 0 atom stereocenters. The van der Waals surface area contributed by atoms with Crippen LogP contribution in [-0.4, -0.2) is 23.4 Å². The predicted octanol–water partition coefficient (Wildman–Crippen LogP) is -0.0559. The first kappa shape index (κ1) is 14.3. The summed E-state index contributed by atoms with van der Waals surface area (Å²) >= 11 is 0. The van der Waals surface area contributed by atoms with Crippen molar-refractivity contribution in [2.24, 2.45) is 5.84 Å². The van der Waals surface area contributed by atoms with E-state index in [4.69, 9.17) is 5.84 Å². The Morgan fingerprint density at radius 1 is 1.15 bits per heavy atom. The van der Waals surface area contributed by atoms with E-state index in [9.17, 15) is 8.42 Å². The standard InChI is InChI=1S/C11H14N6O2S/c1-8-2-3-9(4-13-8)5-16-20(18,19)10-6-14-11(17-12)15-7-10/h2-4,6-7,16H,5,12H2,1H3,(H,14,15,17). The lowest BCUT2D eigenvalue weighted by Gasteiger charge is -2.06. The minimum atomic E-state index is -3.66. The lowest BCUT2D eigenvalue weighted by atomic mass is 10.2. The minimum absolute atomic E-state index is 0.0310. The first-order valence-electron chi connectivity index (χ1n) is 5.71. The Kier molecular flexibility index (Phi) is 4.23. The van der Waals surface area contributed by atoms with Gasteiger partial charge in [0.05, 0.1) is 12.4 Å². The maximum absolute atomic E-state index is 12.0. The van der Waals surface area contributed by atoms with Crippen LogP contribution in [0.25, 0.3) is 0 Å². The van der Waals surface area contributed by atoms with Crippen molar-refractivity contribution in [2.45, 2.75) is 18.4 Å². The van der Waals surface area contributed by atoms with E-state index in [1.165, 1.54) is 12.4 Å². The maximum Gasteiger partial charge on any atom is 0.243 e. The van der Waals surface area contributed by atoms with Gasteiger partial charge in [-0.05, 0) is 18.6 Å². The fourth-order valence-electron chi connectivity index (χ4n) is 1.39. The molecule has 0 spiro atoms. The second kappa shape index (κ2) is 5.90. The van der Waals surface area contributed by atoms with Crippen LogP contribution in [0, 0.1) is 6.92 Å². The number of aromatic nitrogens is 3. The van der Waals surface area contributed by atoms with Crippen molar-refractivity contribution in [3.63, 3.8) is 0 Å². The fourth-order valence-corrected chi connectivity index (χ4v) is 2.30. The highest BCUT2D eigenvalue weighted by molar-refractivity contribution is 7.89. The van der Waals surface area contributed by atoms with Gasteiger partial charge in [0.25, 0.3) is 0 Å². The van der Waals surface area contributed by atoms with E-state index in [0.717, 1.165) is 11.3 Å². The Hall–Kier alpha value is -2.10. The highest BCUT2D eigenvalue weighted by atomic mass is 32.2. The third-order valence-corrected chi connectivity index (χ3v) is 3.86. The van der Waals surface area contributed by atoms with Crippen LogP contribution < -0.4 is 16.0 Å². The van der Waals surface area contributed by atoms with Gasteiger partial charge in [0, 0.05) is 18.4 Å². The molecule has 4 N–H and O–H groups in total. The molecular formula is C11H14N6O2S. The molecule has 9 heteroatoms. The molecule has 0 aliphatic heterocycles. The first-order chi connectivity index (χ1) is 9.51. The molecule has 0 saturated heterocycles. The van der Waals surface area contributed by atoms with Gasteiger partial charge in [-0.3, -0.25) is 10.4 Å². The van der Waals surface area contributed by atoms with Gasteiger partial charge in [-0.1, -0.05) is 6.07 Å². The molecule has 2 aromatic heterocycles. The summed E-state index contributed by atoms with van der Waals surface area (Å²) in [7, 11) is -3.66. The van der Waals surface area contributed by atoms with Crippen LogP contribution in [0.5, 0.6) is 0 Å². The quantitative estimate of drug-likeness (QED) is 0.521. The van der Waals surface area contributed by atoms with Gasteiger partial charge in [-0.2, -0.15) is 0 Å². The third-order valence-electron chi connectivity index (χ3n) is 2.51. The van der Waals surface area contributed by atoms with Crippen LogP contribution in [0.4, 0.5) is 5.95 Å². The van der Waals surface area contributed by atoms with Crippen molar-refractivity contribution in [1.82, 2.24) is 19.7 Å². The van der Waals surface area contributed by atoms with E-state index < -0.39 is 10.0 Å². The van der Waals surface area contributed by atoms with Gasteiger partial charge in [-0.25, -0.2) is 29.0 Å². The monoisotopic (exact) mass is 294 g/mol. The summed E-state index contributed by atoms with van der Waals surface area (Å²) in [6, 6.07) is 3.62. The molecule has 0 amide bonds. The predicted molar refractivity (Wildman–Crippen MR) is 72.8 cm³/mol. The summed E-state index contributed by atoms with van der Waals surface area (Å²) in [6.07, 6.45) is 3.98. The Morgan fingerprint density at radius 2 is 1.85 bits per heavy atom. The van der Waals surface area contributed by atoms with Crippen molar-refractivity contribution in [3.05, 3.63) is 42.0 Å². The number of pyridine rings is 1. The number of hydrogen-bond donors (Lipinski definition) is 3. The van der Waals surface area contributed by atoms with Gasteiger partial charge in [0.15, 0.2) is 0 Å². The van der Waals surface area contributed by atoms with Gasteiger partial charge in [-0.15, -0.1) is 0 Å². The van der Waals surface area contributed by atoms with Crippen LogP contribution in [0.3, 0.4) is 0 Å². The molecule has 0 aliphatic carbocycles. The molecule has 20 heavy (non-hydrogen) atoms. The number of aryl methyl sites for hydroxylation is 1. The number of nitrogens with two attached hydrogens (primary N) is 1. The van der Waals surface area contributed by atoms with Gasteiger partial charge in [0.1, 0.15) is 4.90 Å². The Labute approximate surface area is 116 Å². The second-order valence-electron chi connectivity index (χ2n) is 4.02. The SMILES string of the molecule is Cc1ccc(CNS(=O)(=O)c2cnc(NN)nc2)cn1. The Bertz CT molecular complexity index is 669. The summed E-state index contributed by atoms with van der Waals surface area (Å²) in [5.41, 5.74) is 3.86. The van der Waals surface area contributed by atoms with E-state index in [1.807, 2.05) is 19.1 Å². The molecular weight excluding hydrogens is 280 g/mol. The summed E-state index contributed by atoms with van der Waals surface area (Å²) < 4.78 is 26.5. The van der Waals surface area contributed by atoms with Crippen molar-refractivity contribution in [3.8, 4) is 0 Å². The van der Waals surface area contributed by atoms with E-state index >= 15 is 0 Å². The lowest BCUT2D eigenvalue weighted by molar-refractivity contribution is 0.580. The number of hydrazine groups is 1. The molecule has 0 fully saturated rings. The summed E-state index contributed by atoms with van der Waals surface area (Å²) in [6.45, 7) is 2.00. The zero-order valence-electron chi connectivity index (χ0n) is 10.7. The molecule has 0 saturated carbocycles. The van der Waals surface area contributed by atoms with Crippen molar-refractivity contribution < 1.29 is 8.42 Å². The highest BCUT2D eigenvalue weighted by Gasteiger charge is 2.14. The summed E-state index contributed by atoms with van der Waals surface area (Å²) in [5.74, 6) is 5.25. The number of sulfonamides is 1. The normalized spacial score (nSPS) is 11.3. The zero-order chi connectivity index (χ0) is 14.6. The van der Waals surface area contributed by atoms with Crippen LogP contribution in [0.2, 0.25) is 0 Å². The van der Waals surface area contributed by atoms with E-state index in [1.54, 1.807) is 6.20 Å². The molecule has 0 aromatic carbocycles. The average Bonchev–Trinajstić information content (AvgIpc) is 2.47. The molecule has 0 bridgehead atoms. The number of rotatable bonds is 5. The largest absolute Gasteiger partial charge is 0.292 e. The van der Waals surface area contributed by atoms with Crippen molar-refractivity contribution in [1.29, 1.82) is 0 Å². The lowest BCUT2D eigenvalue weighted by Crippen LogP contribution is -2.24. The molecule has 0 radical (unpaired) electrons. The van der Waals surface area contributed by atoms with Crippen molar-refractivity contribution in [2.75, 3.05) is 5.43 Å². The van der Waals surface area contributed by atoms with Crippen LogP contribution >= 0.6 is 0 Å². The third kappa shape index (κ3) is 3.47. The molecule has 8 nitrogen and oxygen atoms in total. The molecule has 2 rings (SSSR count). The number of nitrogens with zero attached hydrogens (tertiary/aromatic N) is 3. The first-order valence-corrected chi connectivity index (χ1v) is 7.19. The number of hydrogen-bond acceptors (Lipinski definition) is 7. The van der Waals surface area contributed by atoms with E-state index in [-0.39, 0.29) is 17.4 Å². The zero-order valence-corrected chi connectivity index (χ0v) is 11.6. The van der Waals surface area contributed by atoms with Crippen LogP contribution in [-0.2, 0) is 16.6 Å². The van der Waals surface area contributed by atoms with Gasteiger partial charge >= 0.3 is 0 Å².